The van der Waals surface area contributed by atoms with E-state index in [9.17, 15) is 15.3 Å². The minimum atomic E-state index is -1.11. The Bertz CT molecular complexity index is 265. The van der Waals surface area contributed by atoms with E-state index >= 15 is 0 Å². The second-order valence-corrected chi connectivity index (χ2v) is 12.8. The topological polar surface area (TPSA) is 60.7 Å². The molecule has 3 N–H and O–H groups in total. The molecule has 3 nitrogen and oxygen atoms in total. The number of hydrogen-bond acceptors (Lipinski definition) is 3. The zero-order valence-corrected chi connectivity index (χ0v) is 19.2. The maximum absolute atomic E-state index is 9.27. The molecule has 0 spiro atoms. The first-order chi connectivity index (χ1) is 13.2. The Balaban J connectivity index is 3.89. The van der Waals surface area contributed by atoms with Gasteiger partial charge in [0.25, 0.3) is 0 Å². The van der Waals surface area contributed by atoms with Crippen molar-refractivity contribution in [2.75, 3.05) is 44.5 Å². The fraction of sp³-hybridized carbons (Fsp3) is 1.00. The number of aliphatic hydroxyl groups excluding tert-OH is 3. The predicted molar refractivity (Wildman–Crippen MR) is 123 cm³/mol. The van der Waals surface area contributed by atoms with Gasteiger partial charge in [-0.05, 0) is 12.8 Å². The van der Waals surface area contributed by atoms with Crippen LogP contribution in [0.15, 0.2) is 0 Å². The van der Waals surface area contributed by atoms with Crippen molar-refractivity contribution in [2.24, 2.45) is 0 Å². The standard InChI is InChI=1S/C23H50O3P/c1-2-3-4-5-6-7-8-9-10-11-12-13-20-27(21-14-17-24,22-15-18-25)23-16-19-26/h24-26H,2-23H2,1H3/q+1. The van der Waals surface area contributed by atoms with Crippen LogP contribution < -0.4 is 0 Å². The third-order valence-electron chi connectivity index (χ3n) is 5.86. The van der Waals surface area contributed by atoms with Gasteiger partial charge < -0.3 is 15.3 Å². The van der Waals surface area contributed by atoms with E-state index in [1.165, 1.54) is 83.2 Å². The first-order valence-electron chi connectivity index (χ1n) is 11.9. The Kier molecular flexibility index (Phi) is 21.3. The largest absolute Gasteiger partial charge is 0.396 e. The van der Waals surface area contributed by atoms with E-state index in [4.69, 9.17) is 0 Å². The lowest BCUT2D eigenvalue weighted by molar-refractivity contribution is 0.292. The first-order valence-corrected chi connectivity index (χ1v) is 14.5. The first kappa shape index (κ1) is 27.3. The molecule has 0 aromatic rings. The second-order valence-electron chi connectivity index (χ2n) is 8.36. The van der Waals surface area contributed by atoms with Gasteiger partial charge in [-0.3, -0.25) is 0 Å². The molecule has 0 aliphatic carbocycles. The van der Waals surface area contributed by atoms with Crippen LogP contribution >= 0.6 is 7.26 Å². The molecule has 4 heteroatoms. The summed E-state index contributed by atoms with van der Waals surface area (Å²) in [5, 5.41) is 27.8. The summed E-state index contributed by atoms with van der Waals surface area (Å²) < 4.78 is 0. The third-order valence-corrected chi connectivity index (χ3v) is 10.9. The van der Waals surface area contributed by atoms with E-state index in [0.717, 1.165) is 37.7 Å². The van der Waals surface area contributed by atoms with Crippen LogP contribution in [-0.2, 0) is 0 Å². The third kappa shape index (κ3) is 16.9. The Morgan fingerprint density at radius 1 is 0.407 bits per heavy atom. The van der Waals surface area contributed by atoms with Crippen molar-refractivity contribution < 1.29 is 15.3 Å². The van der Waals surface area contributed by atoms with Gasteiger partial charge >= 0.3 is 0 Å². The highest BCUT2D eigenvalue weighted by Crippen LogP contribution is 2.60. The van der Waals surface area contributed by atoms with E-state index in [0.29, 0.717) is 0 Å². The highest BCUT2D eigenvalue weighted by molar-refractivity contribution is 7.75. The van der Waals surface area contributed by atoms with Crippen molar-refractivity contribution in [1.29, 1.82) is 0 Å². The molecule has 0 bridgehead atoms. The van der Waals surface area contributed by atoms with Crippen LogP contribution in [0.5, 0.6) is 0 Å². The summed E-state index contributed by atoms with van der Waals surface area (Å²) in [5.41, 5.74) is 0. The van der Waals surface area contributed by atoms with Gasteiger partial charge in [-0.1, -0.05) is 71.1 Å². The lowest BCUT2D eigenvalue weighted by Crippen LogP contribution is -2.15. The Morgan fingerprint density at radius 2 is 0.704 bits per heavy atom. The van der Waals surface area contributed by atoms with Crippen molar-refractivity contribution in [2.45, 2.75) is 103 Å². The summed E-state index contributed by atoms with van der Waals surface area (Å²) in [5.74, 6) is 0. The van der Waals surface area contributed by atoms with Crippen molar-refractivity contribution >= 4 is 7.26 Å². The molecule has 0 unspecified atom stereocenters. The highest BCUT2D eigenvalue weighted by Gasteiger charge is 2.34. The molecule has 0 heterocycles. The number of unbranched alkanes of at least 4 members (excludes halogenated alkanes) is 11. The van der Waals surface area contributed by atoms with E-state index in [2.05, 4.69) is 6.92 Å². The number of aliphatic hydroxyl groups is 3. The van der Waals surface area contributed by atoms with Gasteiger partial charge in [0.1, 0.15) is 0 Å². The molecule has 0 atom stereocenters. The molecule has 0 aliphatic rings. The van der Waals surface area contributed by atoms with Gasteiger partial charge in [-0.15, -0.1) is 0 Å². The lowest BCUT2D eigenvalue weighted by Gasteiger charge is -2.27. The molecule has 164 valence electrons. The van der Waals surface area contributed by atoms with Crippen LogP contribution in [0, 0.1) is 0 Å². The van der Waals surface area contributed by atoms with Gasteiger partial charge in [0.15, 0.2) is 0 Å². The second kappa shape index (κ2) is 21.0. The number of rotatable bonds is 22. The maximum Gasteiger partial charge on any atom is 0.0616 e. The molecular formula is C23H50O3P+. The van der Waals surface area contributed by atoms with E-state index < -0.39 is 7.26 Å². The molecule has 0 radical (unpaired) electrons. The molecule has 0 aromatic carbocycles. The fourth-order valence-electron chi connectivity index (χ4n) is 4.18. The molecule has 0 aliphatic heterocycles. The van der Waals surface area contributed by atoms with Crippen molar-refractivity contribution in [3.63, 3.8) is 0 Å². The zero-order chi connectivity index (χ0) is 20.1. The quantitative estimate of drug-likeness (QED) is 0.156. The van der Waals surface area contributed by atoms with E-state index in [1.807, 2.05) is 0 Å². The molecule has 27 heavy (non-hydrogen) atoms. The highest BCUT2D eigenvalue weighted by atomic mass is 31.2. The summed E-state index contributed by atoms with van der Waals surface area (Å²) in [6.07, 6.45) is 24.0. The summed E-state index contributed by atoms with van der Waals surface area (Å²) >= 11 is 0. The van der Waals surface area contributed by atoms with Crippen LogP contribution in [0.25, 0.3) is 0 Å². The minimum Gasteiger partial charge on any atom is -0.396 e. The molecule has 0 amide bonds. The van der Waals surface area contributed by atoms with Gasteiger partial charge in [0, 0.05) is 46.3 Å². The normalized spacial score (nSPS) is 12.0. The van der Waals surface area contributed by atoms with Crippen LogP contribution in [0.2, 0.25) is 0 Å². The maximum atomic E-state index is 9.27. The molecular weight excluding hydrogens is 355 g/mol. The van der Waals surface area contributed by atoms with E-state index in [-0.39, 0.29) is 19.8 Å². The lowest BCUT2D eigenvalue weighted by atomic mass is 10.1. The fourth-order valence-corrected chi connectivity index (χ4v) is 8.85. The van der Waals surface area contributed by atoms with E-state index in [1.54, 1.807) is 0 Å². The smallest absolute Gasteiger partial charge is 0.0616 e. The summed E-state index contributed by atoms with van der Waals surface area (Å²) in [7, 11) is -1.11. The predicted octanol–water partition coefficient (Wildman–Crippen LogP) is 5.85. The average molecular weight is 406 g/mol. The molecule has 0 rings (SSSR count). The summed E-state index contributed by atoms with van der Waals surface area (Å²) in [6.45, 7) is 3.10. The number of hydrogen-bond donors (Lipinski definition) is 3. The zero-order valence-electron chi connectivity index (χ0n) is 18.3. The van der Waals surface area contributed by atoms with Crippen LogP contribution in [0.4, 0.5) is 0 Å². The molecule has 0 saturated carbocycles. The minimum absolute atomic E-state index is 0.276. The Morgan fingerprint density at radius 3 is 1.04 bits per heavy atom. The SMILES string of the molecule is CCCCCCCCCCCCCC[P+](CCCO)(CCCO)CCCO. The van der Waals surface area contributed by atoms with Gasteiger partial charge in [0.2, 0.25) is 0 Å². The van der Waals surface area contributed by atoms with Gasteiger partial charge in [-0.25, -0.2) is 0 Å². The molecule has 0 fully saturated rings. The van der Waals surface area contributed by atoms with Crippen LogP contribution in [0.1, 0.15) is 103 Å². The Labute approximate surface area is 170 Å². The van der Waals surface area contributed by atoms with Crippen molar-refractivity contribution in [3.05, 3.63) is 0 Å². The van der Waals surface area contributed by atoms with Gasteiger partial charge in [-0.2, -0.15) is 0 Å². The van der Waals surface area contributed by atoms with Gasteiger partial charge in [0.05, 0.1) is 24.6 Å². The van der Waals surface area contributed by atoms with Crippen LogP contribution in [0.3, 0.4) is 0 Å². The molecule has 0 saturated heterocycles. The van der Waals surface area contributed by atoms with Crippen molar-refractivity contribution in [1.82, 2.24) is 0 Å². The monoisotopic (exact) mass is 405 g/mol. The summed E-state index contributed by atoms with van der Waals surface area (Å²) in [4.78, 5) is 0. The average Bonchev–Trinajstić information content (AvgIpc) is 2.69. The Hall–Kier alpha value is 0.310. The van der Waals surface area contributed by atoms with Crippen molar-refractivity contribution in [3.8, 4) is 0 Å². The molecule has 0 aromatic heterocycles. The summed E-state index contributed by atoms with van der Waals surface area (Å²) in [6, 6.07) is 0. The van der Waals surface area contributed by atoms with Crippen LogP contribution in [-0.4, -0.2) is 59.8 Å².